The van der Waals surface area contributed by atoms with Gasteiger partial charge in [0, 0.05) is 6.07 Å². The van der Waals surface area contributed by atoms with E-state index >= 15 is 0 Å². The van der Waals surface area contributed by atoms with E-state index in [-0.39, 0.29) is 12.4 Å². The van der Waals surface area contributed by atoms with Crippen LogP contribution in [0.25, 0.3) is 0 Å². The van der Waals surface area contributed by atoms with Crippen LogP contribution in [0.5, 0.6) is 23.0 Å². The van der Waals surface area contributed by atoms with E-state index in [4.69, 9.17) is 24.7 Å². The SMILES string of the molecule is N#Cc1ccc(Oc2ccc3c(c2)OCO3)cc1C#N. The molecule has 0 saturated heterocycles. The molecule has 0 amide bonds. The van der Waals surface area contributed by atoms with Crippen LogP contribution < -0.4 is 14.2 Å². The topological polar surface area (TPSA) is 75.3 Å². The number of nitrogens with zero attached hydrogens (tertiary/aromatic N) is 2. The van der Waals surface area contributed by atoms with Crippen LogP contribution in [0.3, 0.4) is 0 Å². The van der Waals surface area contributed by atoms with Crippen LogP contribution in [0.4, 0.5) is 0 Å². The molecule has 5 nitrogen and oxygen atoms in total. The Kier molecular flexibility index (Phi) is 2.87. The third-order valence-corrected chi connectivity index (χ3v) is 2.81. The van der Waals surface area contributed by atoms with Crippen molar-refractivity contribution in [3.05, 3.63) is 47.5 Å². The van der Waals surface area contributed by atoms with E-state index in [1.54, 1.807) is 30.3 Å². The molecule has 1 heterocycles. The molecule has 0 atom stereocenters. The molecule has 0 fully saturated rings. The highest BCUT2D eigenvalue weighted by molar-refractivity contribution is 5.51. The normalized spacial score (nSPS) is 11.5. The summed E-state index contributed by atoms with van der Waals surface area (Å²) in [4.78, 5) is 0. The van der Waals surface area contributed by atoms with Crippen LogP contribution in [0.2, 0.25) is 0 Å². The third-order valence-electron chi connectivity index (χ3n) is 2.81. The second-order valence-electron chi connectivity index (χ2n) is 4.05. The van der Waals surface area contributed by atoms with E-state index in [2.05, 4.69) is 0 Å². The fourth-order valence-electron chi connectivity index (χ4n) is 1.85. The van der Waals surface area contributed by atoms with Crippen molar-refractivity contribution in [1.29, 1.82) is 10.5 Å². The summed E-state index contributed by atoms with van der Waals surface area (Å²) in [6, 6.07) is 13.9. The third kappa shape index (κ3) is 2.09. The summed E-state index contributed by atoms with van der Waals surface area (Å²) in [5, 5.41) is 17.8. The number of nitriles is 2. The Morgan fingerprint density at radius 2 is 1.55 bits per heavy atom. The second kappa shape index (κ2) is 4.83. The average Bonchev–Trinajstić information content (AvgIpc) is 2.94. The van der Waals surface area contributed by atoms with Gasteiger partial charge in [0.05, 0.1) is 11.1 Å². The Bertz CT molecular complexity index is 757. The van der Waals surface area contributed by atoms with Crippen LogP contribution in [-0.2, 0) is 0 Å². The van der Waals surface area contributed by atoms with Crippen molar-refractivity contribution in [2.45, 2.75) is 0 Å². The molecule has 96 valence electrons. The number of rotatable bonds is 2. The molecule has 2 aromatic carbocycles. The standard InChI is InChI=1S/C15H8N2O3/c16-7-10-1-2-12(5-11(10)8-17)20-13-3-4-14-15(6-13)19-9-18-14/h1-6H,9H2. The summed E-state index contributed by atoms with van der Waals surface area (Å²) in [7, 11) is 0. The Morgan fingerprint density at radius 1 is 0.850 bits per heavy atom. The van der Waals surface area contributed by atoms with Gasteiger partial charge in [0.25, 0.3) is 0 Å². The van der Waals surface area contributed by atoms with Crippen LogP contribution in [0.1, 0.15) is 11.1 Å². The zero-order valence-corrected chi connectivity index (χ0v) is 10.3. The summed E-state index contributed by atoms with van der Waals surface area (Å²) in [6.45, 7) is 0.203. The Labute approximate surface area is 115 Å². The van der Waals surface area contributed by atoms with Crippen molar-refractivity contribution in [2.24, 2.45) is 0 Å². The molecule has 0 aliphatic carbocycles. The Hall–Kier alpha value is -3.18. The van der Waals surface area contributed by atoms with Gasteiger partial charge in [0.1, 0.15) is 23.6 Å². The lowest BCUT2D eigenvalue weighted by Crippen LogP contribution is -1.92. The highest BCUT2D eigenvalue weighted by Crippen LogP contribution is 2.36. The summed E-state index contributed by atoms with van der Waals surface area (Å²) in [6.07, 6.45) is 0. The molecule has 0 bridgehead atoms. The molecule has 0 spiro atoms. The second-order valence-corrected chi connectivity index (χ2v) is 4.05. The van der Waals surface area contributed by atoms with Crippen LogP contribution >= 0.6 is 0 Å². The number of benzene rings is 2. The summed E-state index contributed by atoms with van der Waals surface area (Å²) < 4.78 is 16.1. The average molecular weight is 264 g/mol. The summed E-state index contributed by atoms with van der Waals surface area (Å²) >= 11 is 0. The summed E-state index contributed by atoms with van der Waals surface area (Å²) in [5.74, 6) is 2.36. The Balaban J connectivity index is 1.89. The lowest BCUT2D eigenvalue weighted by Gasteiger charge is -2.07. The molecular formula is C15H8N2O3. The van der Waals surface area contributed by atoms with Gasteiger partial charge in [-0.05, 0) is 30.3 Å². The fourth-order valence-corrected chi connectivity index (χ4v) is 1.85. The molecule has 0 N–H and O–H groups in total. The minimum Gasteiger partial charge on any atom is -0.457 e. The maximum atomic E-state index is 8.97. The first-order valence-electron chi connectivity index (χ1n) is 5.82. The smallest absolute Gasteiger partial charge is 0.231 e. The van der Waals surface area contributed by atoms with Crippen molar-refractivity contribution in [3.8, 4) is 35.1 Å². The van der Waals surface area contributed by atoms with E-state index in [1.165, 1.54) is 6.07 Å². The largest absolute Gasteiger partial charge is 0.457 e. The lowest BCUT2D eigenvalue weighted by atomic mass is 10.1. The van der Waals surface area contributed by atoms with Crippen LogP contribution in [0, 0.1) is 22.7 Å². The molecule has 5 heteroatoms. The van der Waals surface area contributed by atoms with Gasteiger partial charge < -0.3 is 14.2 Å². The van der Waals surface area contributed by atoms with Gasteiger partial charge in [0.2, 0.25) is 6.79 Å². The van der Waals surface area contributed by atoms with Crippen molar-refractivity contribution in [3.63, 3.8) is 0 Å². The molecule has 20 heavy (non-hydrogen) atoms. The maximum absolute atomic E-state index is 8.97. The lowest BCUT2D eigenvalue weighted by molar-refractivity contribution is 0.174. The minimum atomic E-state index is 0.203. The van der Waals surface area contributed by atoms with E-state index in [1.807, 2.05) is 12.1 Å². The van der Waals surface area contributed by atoms with Gasteiger partial charge in [-0.3, -0.25) is 0 Å². The fraction of sp³-hybridized carbons (Fsp3) is 0.0667. The molecule has 0 radical (unpaired) electrons. The van der Waals surface area contributed by atoms with Crippen LogP contribution in [0.15, 0.2) is 36.4 Å². The molecule has 0 saturated carbocycles. The maximum Gasteiger partial charge on any atom is 0.231 e. The van der Waals surface area contributed by atoms with E-state index in [9.17, 15) is 0 Å². The highest BCUT2D eigenvalue weighted by Gasteiger charge is 2.14. The van der Waals surface area contributed by atoms with Crippen LogP contribution in [-0.4, -0.2) is 6.79 Å². The van der Waals surface area contributed by atoms with E-state index < -0.39 is 0 Å². The molecule has 3 rings (SSSR count). The molecular weight excluding hydrogens is 256 g/mol. The van der Waals surface area contributed by atoms with Crippen molar-refractivity contribution in [2.75, 3.05) is 6.79 Å². The first-order chi connectivity index (χ1) is 9.80. The van der Waals surface area contributed by atoms with E-state index in [0.29, 0.717) is 28.6 Å². The number of ether oxygens (including phenoxy) is 3. The van der Waals surface area contributed by atoms with Gasteiger partial charge >= 0.3 is 0 Å². The Morgan fingerprint density at radius 3 is 2.35 bits per heavy atom. The molecule has 0 unspecified atom stereocenters. The zero-order valence-electron chi connectivity index (χ0n) is 10.3. The van der Waals surface area contributed by atoms with Gasteiger partial charge in [-0.2, -0.15) is 10.5 Å². The van der Waals surface area contributed by atoms with Crippen molar-refractivity contribution >= 4 is 0 Å². The molecule has 1 aliphatic heterocycles. The highest BCUT2D eigenvalue weighted by atomic mass is 16.7. The van der Waals surface area contributed by atoms with Gasteiger partial charge in [0.15, 0.2) is 11.5 Å². The quantitative estimate of drug-likeness (QED) is 0.833. The summed E-state index contributed by atoms with van der Waals surface area (Å²) in [5.41, 5.74) is 0.608. The molecule has 2 aromatic rings. The first-order valence-corrected chi connectivity index (χ1v) is 5.82. The molecule has 1 aliphatic rings. The number of hydrogen-bond donors (Lipinski definition) is 0. The van der Waals surface area contributed by atoms with Crippen molar-refractivity contribution in [1.82, 2.24) is 0 Å². The monoisotopic (exact) mass is 264 g/mol. The van der Waals surface area contributed by atoms with Crippen molar-refractivity contribution < 1.29 is 14.2 Å². The molecule has 0 aromatic heterocycles. The van der Waals surface area contributed by atoms with E-state index in [0.717, 1.165) is 0 Å². The zero-order chi connectivity index (χ0) is 13.9. The number of fused-ring (bicyclic) bond motifs is 1. The van der Waals surface area contributed by atoms with Gasteiger partial charge in [-0.25, -0.2) is 0 Å². The first kappa shape index (κ1) is 11.9. The predicted molar refractivity (Wildman–Crippen MR) is 68.5 cm³/mol. The van der Waals surface area contributed by atoms with Gasteiger partial charge in [-0.1, -0.05) is 0 Å². The predicted octanol–water partition coefficient (Wildman–Crippen LogP) is 2.95. The number of hydrogen-bond acceptors (Lipinski definition) is 5. The van der Waals surface area contributed by atoms with Gasteiger partial charge in [-0.15, -0.1) is 0 Å². The minimum absolute atomic E-state index is 0.203.